The van der Waals surface area contributed by atoms with Crippen molar-refractivity contribution in [2.75, 3.05) is 29.5 Å². The van der Waals surface area contributed by atoms with E-state index in [0.29, 0.717) is 24.3 Å². The van der Waals surface area contributed by atoms with Gasteiger partial charge in [-0.15, -0.1) is 0 Å². The number of morpholine rings is 1. The summed E-state index contributed by atoms with van der Waals surface area (Å²) >= 11 is 0. The van der Waals surface area contributed by atoms with Crippen LogP contribution in [-0.4, -0.2) is 60.8 Å². The highest BCUT2D eigenvalue weighted by Crippen LogP contribution is 2.28. The lowest BCUT2D eigenvalue weighted by atomic mass is 10.1. The first-order valence-corrected chi connectivity index (χ1v) is 9.12. The van der Waals surface area contributed by atoms with Crippen LogP contribution in [0.4, 0.5) is 11.4 Å². The predicted octanol–water partition coefficient (Wildman–Crippen LogP) is 0.952. The van der Waals surface area contributed by atoms with E-state index in [0.717, 1.165) is 19.8 Å². The number of hydrogen-bond acceptors (Lipinski definition) is 6. The van der Waals surface area contributed by atoms with Gasteiger partial charge in [0.2, 0.25) is 12.0 Å². The number of anilines is 2. The van der Waals surface area contributed by atoms with Crippen molar-refractivity contribution in [3.8, 4) is 0 Å². The van der Waals surface area contributed by atoms with Crippen LogP contribution in [-0.2, 0) is 28.7 Å². The Bertz CT molecular complexity index is 794. The second kappa shape index (κ2) is 8.39. The van der Waals surface area contributed by atoms with E-state index in [4.69, 9.17) is 9.47 Å². The summed E-state index contributed by atoms with van der Waals surface area (Å²) in [6, 6.07) is 6.98. The minimum Gasteiger partial charge on any atom is -0.478 e. The van der Waals surface area contributed by atoms with Crippen molar-refractivity contribution >= 4 is 35.1 Å². The monoisotopic (exact) mass is 390 g/mol. The fourth-order valence-corrected chi connectivity index (χ4v) is 3.41. The molecule has 2 aliphatic heterocycles. The second-order valence-electron chi connectivity index (χ2n) is 6.67. The van der Waals surface area contributed by atoms with Crippen LogP contribution in [0, 0.1) is 0 Å². The number of carbonyl (C=O) groups excluding carboxylic acids is 3. The van der Waals surface area contributed by atoms with Gasteiger partial charge >= 0.3 is 11.9 Å². The van der Waals surface area contributed by atoms with Crippen molar-refractivity contribution in [1.29, 1.82) is 0 Å². The van der Waals surface area contributed by atoms with E-state index in [-0.39, 0.29) is 19.1 Å². The van der Waals surface area contributed by atoms with Crippen LogP contribution >= 0.6 is 0 Å². The molecule has 1 N–H and O–H groups in total. The quantitative estimate of drug-likeness (QED) is 0.745. The molecule has 0 saturated carbocycles. The molecule has 2 saturated heterocycles. The maximum atomic E-state index is 12.9. The molecule has 9 nitrogen and oxygen atoms in total. The molecule has 3 rings (SSSR count). The van der Waals surface area contributed by atoms with Gasteiger partial charge in [-0.25, -0.2) is 4.79 Å². The summed E-state index contributed by atoms with van der Waals surface area (Å²) in [6.07, 6.45) is -0.885. The molecule has 9 heteroatoms. The van der Waals surface area contributed by atoms with Crippen molar-refractivity contribution in [3.05, 3.63) is 24.3 Å². The van der Waals surface area contributed by atoms with Crippen LogP contribution in [0.3, 0.4) is 0 Å². The number of nitrogens with zero attached hydrogens (tertiary/aromatic N) is 2. The Morgan fingerprint density at radius 1 is 1.18 bits per heavy atom. The van der Waals surface area contributed by atoms with E-state index in [9.17, 15) is 24.3 Å². The molecule has 0 aliphatic carbocycles. The van der Waals surface area contributed by atoms with Gasteiger partial charge in [0.15, 0.2) is 6.10 Å². The summed E-state index contributed by atoms with van der Waals surface area (Å²) in [5.41, 5.74) is 1.22. The van der Waals surface area contributed by atoms with Crippen LogP contribution in [0.1, 0.15) is 26.2 Å². The number of carbonyl (C=O) groups is 4. The molecule has 2 fully saturated rings. The third-order valence-electron chi connectivity index (χ3n) is 4.71. The van der Waals surface area contributed by atoms with Crippen LogP contribution < -0.4 is 9.80 Å². The molecule has 0 spiro atoms. The lowest BCUT2D eigenvalue weighted by Gasteiger charge is -2.35. The Balaban J connectivity index is 1.84. The smallest absolute Gasteiger partial charge is 0.348 e. The van der Waals surface area contributed by atoms with Crippen molar-refractivity contribution in [3.63, 3.8) is 0 Å². The summed E-state index contributed by atoms with van der Waals surface area (Å²) in [6.45, 7) is 2.00. The molecule has 1 aromatic rings. The zero-order chi connectivity index (χ0) is 20.3. The largest absolute Gasteiger partial charge is 0.478 e. The molecule has 1 aromatic carbocycles. The minimum atomic E-state index is -1.72. The number of esters is 1. The topological polar surface area (TPSA) is 113 Å². The summed E-state index contributed by atoms with van der Waals surface area (Å²) in [4.78, 5) is 50.8. The van der Waals surface area contributed by atoms with Crippen molar-refractivity contribution < 1.29 is 33.8 Å². The Hall–Kier alpha value is -2.94. The third kappa shape index (κ3) is 4.14. The summed E-state index contributed by atoms with van der Waals surface area (Å²) in [5.74, 6) is -2.84. The maximum Gasteiger partial charge on any atom is 0.348 e. The molecule has 2 heterocycles. The van der Waals surface area contributed by atoms with E-state index in [2.05, 4.69) is 0 Å². The number of ether oxygens (including phenoxy) is 2. The minimum absolute atomic E-state index is 0.0374. The van der Waals surface area contributed by atoms with Crippen LogP contribution in [0.2, 0.25) is 0 Å². The summed E-state index contributed by atoms with van der Waals surface area (Å²) in [7, 11) is 0. The van der Waals surface area contributed by atoms with E-state index >= 15 is 0 Å². The first-order valence-electron chi connectivity index (χ1n) is 9.12. The molecule has 2 aliphatic rings. The molecular weight excluding hydrogens is 368 g/mol. The van der Waals surface area contributed by atoms with E-state index in [1.807, 2.05) is 0 Å². The summed E-state index contributed by atoms with van der Waals surface area (Å²) < 4.78 is 10.1. The van der Waals surface area contributed by atoms with Gasteiger partial charge in [0.05, 0.1) is 6.61 Å². The number of rotatable bonds is 5. The average Bonchev–Trinajstić information content (AvgIpc) is 2.67. The number of carboxylic acids is 1. The van der Waals surface area contributed by atoms with Gasteiger partial charge in [-0.2, -0.15) is 0 Å². The van der Waals surface area contributed by atoms with E-state index in [1.165, 1.54) is 4.90 Å². The molecule has 0 unspecified atom stereocenters. The third-order valence-corrected chi connectivity index (χ3v) is 4.71. The molecule has 0 radical (unpaired) electrons. The van der Waals surface area contributed by atoms with Gasteiger partial charge in [0.25, 0.3) is 5.91 Å². The van der Waals surface area contributed by atoms with Gasteiger partial charge in [0, 0.05) is 37.8 Å². The number of amides is 2. The van der Waals surface area contributed by atoms with Crippen molar-refractivity contribution in [2.24, 2.45) is 0 Å². The Kier molecular flexibility index (Phi) is 5.93. The van der Waals surface area contributed by atoms with Gasteiger partial charge in [-0.05, 0) is 31.0 Å². The number of carboxylic acid groups (broad SMARTS) is 1. The van der Waals surface area contributed by atoms with Gasteiger partial charge in [-0.1, -0.05) is 6.07 Å². The van der Waals surface area contributed by atoms with E-state index < -0.39 is 30.1 Å². The summed E-state index contributed by atoms with van der Waals surface area (Å²) in [5, 5.41) is 9.32. The number of piperidine rings is 1. The molecule has 2 amide bonds. The number of aliphatic carboxylic acids is 1. The molecule has 0 bridgehead atoms. The van der Waals surface area contributed by atoms with Crippen LogP contribution in [0.15, 0.2) is 24.3 Å². The standard InChI is InChI=1S/C19H22N2O7/c1-12(22)28-17(19(25)26)16-18(24)21(9-10-27-16)14-6-4-5-13(11-14)20-8-3-2-7-15(20)23/h4-6,11,16-17H,2-3,7-10H2,1H3,(H,25,26)/t16-,17-/m1/s1. The molecule has 150 valence electrons. The predicted molar refractivity (Wildman–Crippen MR) is 97.9 cm³/mol. The lowest BCUT2D eigenvalue weighted by molar-refractivity contribution is -0.177. The lowest BCUT2D eigenvalue weighted by Crippen LogP contribution is -2.55. The SMILES string of the molecule is CC(=O)O[C@@H](C(=O)O)[C@H]1OCCN(c2cccc(N3CCCCC3=O)c2)C1=O. The van der Waals surface area contributed by atoms with E-state index in [1.54, 1.807) is 29.2 Å². The Morgan fingerprint density at radius 2 is 1.89 bits per heavy atom. The van der Waals surface area contributed by atoms with Gasteiger partial charge < -0.3 is 24.4 Å². The maximum absolute atomic E-state index is 12.9. The average molecular weight is 390 g/mol. The number of benzene rings is 1. The highest BCUT2D eigenvalue weighted by Gasteiger charge is 2.42. The number of hydrogen-bond donors (Lipinski definition) is 1. The van der Waals surface area contributed by atoms with Crippen LogP contribution in [0.5, 0.6) is 0 Å². The highest BCUT2D eigenvalue weighted by molar-refractivity contribution is 6.01. The normalized spacial score (nSPS) is 21.4. The first-order chi connectivity index (χ1) is 13.4. The van der Waals surface area contributed by atoms with Crippen LogP contribution in [0.25, 0.3) is 0 Å². The van der Waals surface area contributed by atoms with Gasteiger partial charge in [-0.3, -0.25) is 14.4 Å². The highest BCUT2D eigenvalue weighted by atomic mass is 16.6. The zero-order valence-electron chi connectivity index (χ0n) is 15.5. The van der Waals surface area contributed by atoms with Crippen molar-refractivity contribution in [2.45, 2.75) is 38.4 Å². The first kappa shape index (κ1) is 19.8. The zero-order valence-corrected chi connectivity index (χ0v) is 15.5. The molecule has 0 aromatic heterocycles. The Labute approximate surface area is 161 Å². The fraction of sp³-hybridized carbons (Fsp3) is 0.474. The van der Waals surface area contributed by atoms with Crippen molar-refractivity contribution in [1.82, 2.24) is 0 Å². The second-order valence-corrected chi connectivity index (χ2v) is 6.67. The fourth-order valence-electron chi connectivity index (χ4n) is 3.41. The molecule has 28 heavy (non-hydrogen) atoms. The molecular formula is C19H22N2O7. The molecule has 2 atom stereocenters. The Morgan fingerprint density at radius 3 is 2.54 bits per heavy atom. The van der Waals surface area contributed by atoms with Gasteiger partial charge in [0.1, 0.15) is 0 Å².